The first-order valence-electron chi connectivity index (χ1n) is 7.72. The van der Waals surface area contributed by atoms with E-state index in [2.05, 4.69) is 0 Å². The Morgan fingerprint density at radius 1 is 1.29 bits per heavy atom. The second kappa shape index (κ2) is 7.34. The number of carbonyl (C=O) groups is 1. The van der Waals surface area contributed by atoms with Crippen LogP contribution in [0.5, 0.6) is 11.5 Å². The number of amides is 1. The Labute approximate surface area is 127 Å². The molecule has 4 heteroatoms. The zero-order chi connectivity index (χ0) is 15.2. The summed E-state index contributed by atoms with van der Waals surface area (Å²) in [6, 6.07) is 6.12. The molecule has 4 nitrogen and oxygen atoms in total. The molecule has 1 aliphatic rings. The first kappa shape index (κ1) is 15.7. The fourth-order valence-corrected chi connectivity index (χ4v) is 2.97. The van der Waals surface area contributed by atoms with E-state index in [0.29, 0.717) is 17.5 Å². The molecule has 1 saturated carbocycles. The van der Waals surface area contributed by atoms with Gasteiger partial charge in [-0.3, -0.25) is 4.79 Å². The number of aryl methyl sites for hydroxylation is 1. The number of methoxy groups -OCH3 is 1. The van der Waals surface area contributed by atoms with Gasteiger partial charge in [-0.1, -0.05) is 18.9 Å². The number of hydrogen-bond acceptors (Lipinski definition) is 3. The second-order valence-electron chi connectivity index (χ2n) is 5.56. The first-order chi connectivity index (χ1) is 10.2. The Bertz CT molecular complexity index is 481. The zero-order valence-electron chi connectivity index (χ0n) is 13.2. The van der Waals surface area contributed by atoms with E-state index in [-0.39, 0.29) is 12.5 Å². The molecule has 0 saturated heterocycles. The highest BCUT2D eigenvalue weighted by atomic mass is 16.5. The van der Waals surface area contributed by atoms with Crippen LogP contribution in [0.3, 0.4) is 0 Å². The average Bonchev–Trinajstić information content (AvgIpc) is 3.00. The highest BCUT2D eigenvalue weighted by molar-refractivity contribution is 5.78. The molecule has 2 rings (SSSR count). The largest absolute Gasteiger partial charge is 0.493 e. The summed E-state index contributed by atoms with van der Waals surface area (Å²) in [7, 11) is 1.61. The molecular weight excluding hydrogens is 266 g/mol. The number of ether oxygens (including phenoxy) is 2. The minimum Gasteiger partial charge on any atom is -0.493 e. The SMILES string of the molecule is CCN(C(=O)COc1ccc(C)cc1OC)C1CCCC1. The van der Waals surface area contributed by atoms with Crippen molar-refractivity contribution in [3.63, 3.8) is 0 Å². The molecule has 0 bridgehead atoms. The van der Waals surface area contributed by atoms with Crippen molar-refractivity contribution in [2.75, 3.05) is 20.3 Å². The lowest BCUT2D eigenvalue weighted by Gasteiger charge is -2.27. The van der Waals surface area contributed by atoms with Crippen molar-refractivity contribution in [1.82, 2.24) is 4.90 Å². The summed E-state index contributed by atoms with van der Waals surface area (Å²) in [4.78, 5) is 14.3. The number of benzene rings is 1. The fraction of sp³-hybridized carbons (Fsp3) is 0.588. The third kappa shape index (κ3) is 3.90. The summed E-state index contributed by atoms with van der Waals surface area (Å²) in [5.41, 5.74) is 1.10. The van der Waals surface area contributed by atoms with E-state index >= 15 is 0 Å². The topological polar surface area (TPSA) is 38.8 Å². The van der Waals surface area contributed by atoms with Crippen LogP contribution in [-0.2, 0) is 4.79 Å². The van der Waals surface area contributed by atoms with Gasteiger partial charge in [-0.15, -0.1) is 0 Å². The van der Waals surface area contributed by atoms with Gasteiger partial charge in [-0.25, -0.2) is 0 Å². The van der Waals surface area contributed by atoms with Gasteiger partial charge in [0.25, 0.3) is 5.91 Å². The average molecular weight is 291 g/mol. The standard InChI is InChI=1S/C17H25NO3/c1-4-18(14-7-5-6-8-14)17(19)12-21-15-10-9-13(2)11-16(15)20-3/h9-11,14H,4-8,12H2,1-3H3. The number of nitrogens with zero attached hydrogens (tertiary/aromatic N) is 1. The predicted molar refractivity (Wildman–Crippen MR) is 82.9 cm³/mol. The molecule has 0 spiro atoms. The van der Waals surface area contributed by atoms with E-state index in [1.807, 2.05) is 36.9 Å². The van der Waals surface area contributed by atoms with Crippen LogP contribution in [0.2, 0.25) is 0 Å². The molecule has 0 radical (unpaired) electrons. The van der Waals surface area contributed by atoms with Gasteiger partial charge in [0.2, 0.25) is 0 Å². The molecule has 1 aromatic rings. The summed E-state index contributed by atoms with van der Waals surface area (Å²) in [5, 5.41) is 0. The number of hydrogen-bond donors (Lipinski definition) is 0. The van der Waals surface area contributed by atoms with E-state index in [9.17, 15) is 4.79 Å². The maximum absolute atomic E-state index is 12.4. The monoisotopic (exact) mass is 291 g/mol. The summed E-state index contributed by atoms with van der Waals surface area (Å²) in [6.07, 6.45) is 4.68. The van der Waals surface area contributed by atoms with Crippen molar-refractivity contribution in [3.05, 3.63) is 23.8 Å². The van der Waals surface area contributed by atoms with Crippen LogP contribution in [0.15, 0.2) is 18.2 Å². The number of likely N-dealkylation sites (N-methyl/N-ethyl adjacent to an activating group) is 1. The van der Waals surface area contributed by atoms with Gasteiger partial charge in [-0.2, -0.15) is 0 Å². The van der Waals surface area contributed by atoms with Crippen molar-refractivity contribution in [1.29, 1.82) is 0 Å². The van der Waals surface area contributed by atoms with Crippen LogP contribution in [0.25, 0.3) is 0 Å². The molecule has 0 heterocycles. The third-order valence-corrected chi connectivity index (χ3v) is 4.10. The van der Waals surface area contributed by atoms with E-state index in [0.717, 1.165) is 24.9 Å². The van der Waals surface area contributed by atoms with Crippen LogP contribution in [-0.4, -0.2) is 37.1 Å². The Balaban J connectivity index is 1.96. The van der Waals surface area contributed by atoms with E-state index in [4.69, 9.17) is 9.47 Å². The third-order valence-electron chi connectivity index (χ3n) is 4.10. The van der Waals surface area contributed by atoms with Crippen molar-refractivity contribution in [2.24, 2.45) is 0 Å². The van der Waals surface area contributed by atoms with E-state index < -0.39 is 0 Å². The molecule has 1 aliphatic carbocycles. The van der Waals surface area contributed by atoms with Crippen LogP contribution in [0.4, 0.5) is 0 Å². The summed E-state index contributed by atoms with van der Waals surface area (Å²) in [6.45, 7) is 4.85. The Hall–Kier alpha value is -1.71. The molecule has 0 N–H and O–H groups in total. The predicted octanol–water partition coefficient (Wildman–Crippen LogP) is 3.17. The summed E-state index contributed by atoms with van der Waals surface area (Å²) in [5.74, 6) is 1.36. The Morgan fingerprint density at radius 2 is 2.00 bits per heavy atom. The Kier molecular flexibility index (Phi) is 5.48. The van der Waals surface area contributed by atoms with Gasteiger partial charge < -0.3 is 14.4 Å². The van der Waals surface area contributed by atoms with Crippen molar-refractivity contribution in [3.8, 4) is 11.5 Å². The van der Waals surface area contributed by atoms with Gasteiger partial charge in [0.05, 0.1) is 7.11 Å². The molecular formula is C17H25NO3. The molecule has 0 aromatic heterocycles. The molecule has 0 unspecified atom stereocenters. The molecule has 1 aromatic carbocycles. The molecule has 21 heavy (non-hydrogen) atoms. The van der Waals surface area contributed by atoms with Gasteiger partial charge in [-0.05, 0) is 44.4 Å². The lowest BCUT2D eigenvalue weighted by atomic mass is 10.2. The van der Waals surface area contributed by atoms with Crippen molar-refractivity contribution in [2.45, 2.75) is 45.6 Å². The van der Waals surface area contributed by atoms with Gasteiger partial charge >= 0.3 is 0 Å². The normalized spacial score (nSPS) is 15.0. The summed E-state index contributed by atoms with van der Waals surface area (Å²) >= 11 is 0. The van der Waals surface area contributed by atoms with Gasteiger partial charge in [0.1, 0.15) is 0 Å². The van der Waals surface area contributed by atoms with Gasteiger partial charge in [0, 0.05) is 12.6 Å². The number of carbonyl (C=O) groups excluding carboxylic acids is 1. The van der Waals surface area contributed by atoms with Crippen molar-refractivity contribution >= 4 is 5.91 Å². The molecule has 0 atom stereocenters. The molecule has 1 amide bonds. The van der Waals surface area contributed by atoms with Crippen LogP contribution >= 0.6 is 0 Å². The second-order valence-corrected chi connectivity index (χ2v) is 5.56. The highest BCUT2D eigenvalue weighted by Crippen LogP contribution is 2.28. The molecule has 1 fully saturated rings. The lowest BCUT2D eigenvalue weighted by Crippen LogP contribution is -2.41. The minimum absolute atomic E-state index is 0.0621. The maximum atomic E-state index is 12.4. The van der Waals surface area contributed by atoms with E-state index in [1.54, 1.807) is 7.11 Å². The van der Waals surface area contributed by atoms with E-state index in [1.165, 1.54) is 12.8 Å². The molecule has 0 aliphatic heterocycles. The Morgan fingerprint density at radius 3 is 2.62 bits per heavy atom. The smallest absolute Gasteiger partial charge is 0.260 e. The van der Waals surface area contributed by atoms with Crippen LogP contribution in [0.1, 0.15) is 38.2 Å². The summed E-state index contributed by atoms with van der Waals surface area (Å²) < 4.78 is 11.0. The first-order valence-corrected chi connectivity index (χ1v) is 7.72. The molecule has 116 valence electrons. The fourth-order valence-electron chi connectivity index (χ4n) is 2.97. The lowest BCUT2D eigenvalue weighted by molar-refractivity contribution is -0.135. The highest BCUT2D eigenvalue weighted by Gasteiger charge is 2.25. The van der Waals surface area contributed by atoms with Gasteiger partial charge in [0.15, 0.2) is 18.1 Å². The van der Waals surface area contributed by atoms with Crippen LogP contribution < -0.4 is 9.47 Å². The maximum Gasteiger partial charge on any atom is 0.260 e. The zero-order valence-corrected chi connectivity index (χ0v) is 13.2. The minimum atomic E-state index is 0.0621. The number of rotatable bonds is 6. The quantitative estimate of drug-likeness (QED) is 0.808. The van der Waals surface area contributed by atoms with Crippen LogP contribution in [0, 0.1) is 6.92 Å². The van der Waals surface area contributed by atoms with Crippen molar-refractivity contribution < 1.29 is 14.3 Å².